The van der Waals surface area contributed by atoms with Gasteiger partial charge in [0.2, 0.25) is 5.91 Å². The van der Waals surface area contributed by atoms with Crippen molar-refractivity contribution in [2.75, 3.05) is 19.1 Å². The van der Waals surface area contributed by atoms with Crippen molar-refractivity contribution >= 4 is 32.6 Å². The third-order valence-electron chi connectivity index (χ3n) is 4.85. The minimum absolute atomic E-state index is 0.0627. The van der Waals surface area contributed by atoms with E-state index in [-0.39, 0.29) is 12.3 Å². The topological polar surface area (TPSA) is 64.8 Å². The molecular formula is C23H22N2O4S. The zero-order valence-corrected chi connectivity index (χ0v) is 17.9. The molecule has 2 heterocycles. The predicted molar refractivity (Wildman–Crippen MR) is 118 cm³/mol. The molecule has 4 aromatic rings. The number of hydrogen-bond donors (Lipinski definition) is 0. The predicted octanol–water partition coefficient (Wildman–Crippen LogP) is 4.99. The highest BCUT2D eigenvalue weighted by Crippen LogP contribution is 2.37. The number of furan rings is 1. The highest BCUT2D eigenvalue weighted by Gasteiger charge is 2.23. The average molecular weight is 423 g/mol. The van der Waals surface area contributed by atoms with E-state index in [1.165, 1.54) is 11.3 Å². The van der Waals surface area contributed by atoms with Crippen LogP contribution in [0.4, 0.5) is 5.13 Å². The Hall–Kier alpha value is -3.32. The maximum atomic E-state index is 13.3. The van der Waals surface area contributed by atoms with Gasteiger partial charge in [-0.1, -0.05) is 29.5 Å². The summed E-state index contributed by atoms with van der Waals surface area (Å²) in [6, 6.07) is 15.1. The molecule has 4 rings (SSSR count). The number of aromatic nitrogens is 1. The first-order valence-electron chi connectivity index (χ1n) is 9.49. The van der Waals surface area contributed by atoms with E-state index in [0.29, 0.717) is 23.2 Å². The molecule has 0 atom stereocenters. The average Bonchev–Trinajstić information content (AvgIpc) is 3.43. The number of carbonyl (C=O) groups excluding carboxylic acids is 1. The minimum Gasteiger partial charge on any atom is -0.497 e. The van der Waals surface area contributed by atoms with Crippen molar-refractivity contribution in [2.24, 2.45) is 0 Å². The number of thiazole rings is 1. The van der Waals surface area contributed by atoms with E-state index < -0.39 is 0 Å². The van der Waals surface area contributed by atoms with Crippen LogP contribution in [-0.4, -0.2) is 25.1 Å². The van der Waals surface area contributed by atoms with Gasteiger partial charge in [0, 0.05) is 0 Å². The lowest BCUT2D eigenvalue weighted by molar-refractivity contribution is -0.118. The number of ether oxygens (including phenoxy) is 2. The Morgan fingerprint density at radius 3 is 2.57 bits per heavy atom. The van der Waals surface area contributed by atoms with Crippen LogP contribution in [0.25, 0.3) is 10.2 Å². The van der Waals surface area contributed by atoms with E-state index >= 15 is 0 Å². The van der Waals surface area contributed by atoms with Crippen molar-refractivity contribution < 1.29 is 18.7 Å². The first-order chi connectivity index (χ1) is 14.6. The minimum atomic E-state index is -0.0627. The molecule has 0 unspecified atom stereocenters. The van der Waals surface area contributed by atoms with Gasteiger partial charge in [-0.2, -0.15) is 0 Å². The summed E-state index contributed by atoms with van der Waals surface area (Å²) < 4.78 is 17.2. The third kappa shape index (κ3) is 4.02. The van der Waals surface area contributed by atoms with Crippen LogP contribution in [0.15, 0.2) is 59.2 Å². The van der Waals surface area contributed by atoms with Crippen molar-refractivity contribution in [3.8, 4) is 11.5 Å². The lowest BCUT2D eigenvalue weighted by Crippen LogP contribution is -2.31. The van der Waals surface area contributed by atoms with Gasteiger partial charge in [0.25, 0.3) is 0 Å². The number of hydrogen-bond acceptors (Lipinski definition) is 6. The number of amides is 1. The molecule has 7 heteroatoms. The van der Waals surface area contributed by atoms with Crippen LogP contribution >= 0.6 is 11.3 Å². The lowest BCUT2D eigenvalue weighted by Gasteiger charge is -2.19. The SMILES string of the molecule is COc1ccc(CC(=O)N(Cc2ccco2)c2nc3c(OC)ccc(C)c3s2)cc1. The van der Waals surface area contributed by atoms with E-state index in [1.54, 1.807) is 25.4 Å². The Bertz CT molecular complexity index is 1150. The molecule has 0 aliphatic carbocycles. The Balaban J connectivity index is 1.69. The van der Waals surface area contributed by atoms with Crippen molar-refractivity contribution in [2.45, 2.75) is 19.9 Å². The maximum absolute atomic E-state index is 13.3. The second kappa shape index (κ2) is 8.59. The maximum Gasteiger partial charge on any atom is 0.233 e. The Morgan fingerprint density at radius 1 is 1.10 bits per heavy atom. The molecule has 0 fully saturated rings. The monoisotopic (exact) mass is 422 g/mol. The van der Waals surface area contributed by atoms with Gasteiger partial charge in [0.1, 0.15) is 22.8 Å². The van der Waals surface area contributed by atoms with Crippen molar-refractivity contribution in [3.63, 3.8) is 0 Å². The highest BCUT2D eigenvalue weighted by atomic mass is 32.1. The lowest BCUT2D eigenvalue weighted by atomic mass is 10.1. The van der Waals surface area contributed by atoms with Crippen LogP contribution in [0.5, 0.6) is 11.5 Å². The molecule has 0 N–H and O–H groups in total. The van der Waals surface area contributed by atoms with Crippen molar-refractivity contribution in [1.82, 2.24) is 4.98 Å². The van der Waals surface area contributed by atoms with Gasteiger partial charge in [-0.3, -0.25) is 9.69 Å². The van der Waals surface area contributed by atoms with Crippen LogP contribution in [0, 0.1) is 6.92 Å². The highest BCUT2D eigenvalue weighted by molar-refractivity contribution is 7.22. The number of benzene rings is 2. The number of nitrogens with zero attached hydrogens (tertiary/aromatic N) is 2. The van der Waals surface area contributed by atoms with E-state index in [2.05, 4.69) is 0 Å². The molecule has 0 aliphatic rings. The van der Waals surface area contributed by atoms with E-state index in [9.17, 15) is 4.79 Å². The number of fused-ring (bicyclic) bond motifs is 1. The molecule has 2 aromatic heterocycles. The summed E-state index contributed by atoms with van der Waals surface area (Å²) in [5, 5.41) is 0.618. The fourth-order valence-electron chi connectivity index (χ4n) is 3.21. The van der Waals surface area contributed by atoms with Gasteiger partial charge >= 0.3 is 0 Å². The van der Waals surface area contributed by atoms with Gasteiger partial charge in [-0.05, 0) is 48.4 Å². The van der Waals surface area contributed by atoms with E-state index in [4.69, 9.17) is 18.9 Å². The second-order valence-corrected chi connectivity index (χ2v) is 7.82. The van der Waals surface area contributed by atoms with Crippen LogP contribution in [0.1, 0.15) is 16.9 Å². The second-order valence-electron chi connectivity index (χ2n) is 6.84. The zero-order chi connectivity index (χ0) is 21.1. The summed E-state index contributed by atoms with van der Waals surface area (Å²) in [6.45, 7) is 2.34. The van der Waals surface area contributed by atoms with Gasteiger partial charge in [0.05, 0.1) is 38.1 Å². The molecule has 0 bridgehead atoms. The van der Waals surface area contributed by atoms with Crippen LogP contribution in [-0.2, 0) is 17.8 Å². The zero-order valence-electron chi connectivity index (χ0n) is 17.0. The van der Waals surface area contributed by atoms with Gasteiger partial charge < -0.3 is 13.9 Å². The van der Waals surface area contributed by atoms with Crippen molar-refractivity contribution in [1.29, 1.82) is 0 Å². The summed E-state index contributed by atoms with van der Waals surface area (Å²) in [6.07, 6.45) is 1.85. The van der Waals surface area contributed by atoms with Crippen LogP contribution in [0.3, 0.4) is 0 Å². The van der Waals surface area contributed by atoms with Gasteiger partial charge in [-0.15, -0.1) is 0 Å². The molecule has 6 nitrogen and oxygen atoms in total. The summed E-state index contributed by atoms with van der Waals surface area (Å²) in [7, 11) is 3.24. The normalized spacial score (nSPS) is 10.9. The van der Waals surface area contributed by atoms with Crippen LogP contribution < -0.4 is 14.4 Å². The molecule has 2 aromatic carbocycles. The fourth-order valence-corrected chi connectivity index (χ4v) is 4.28. The van der Waals surface area contributed by atoms with Crippen LogP contribution in [0.2, 0.25) is 0 Å². The molecule has 1 amide bonds. The number of aryl methyl sites for hydroxylation is 1. The Kier molecular flexibility index (Phi) is 5.72. The standard InChI is InChI=1S/C23H22N2O4S/c1-15-6-11-19(28-3)21-22(15)30-23(24-21)25(14-18-5-4-12-29-18)20(26)13-16-7-9-17(27-2)10-8-16/h4-12H,13-14H2,1-3H3. The molecule has 154 valence electrons. The number of methoxy groups -OCH3 is 2. The van der Waals surface area contributed by atoms with E-state index in [0.717, 1.165) is 27.1 Å². The number of rotatable bonds is 7. The molecule has 0 saturated carbocycles. The summed E-state index contributed by atoms with van der Waals surface area (Å²) in [5.41, 5.74) is 2.76. The molecular weight excluding hydrogens is 400 g/mol. The third-order valence-corrected chi connectivity index (χ3v) is 6.07. The Labute approximate surface area is 178 Å². The van der Waals surface area contributed by atoms with Gasteiger partial charge in [-0.25, -0.2) is 4.98 Å². The Morgan fingerprint density at radius 2 is 1.90 bits per heavy atom. The number of anilines is 1. The quantitative estimate of drug-likeness (QED) is 0.420. The smallest absolute Gasteiger partial charge is 0.233 e. The van der Waals surface area contributed by atoms with Crippen molar-refractivity contribution in [3.05, 3.63) is 71.7 Å². The summed E-state index contributed by atoms with van der Waals surface area (Å²) >= 11 is 1.48. The summed E-state index contributed by atoms with van der Waals surface area (Å²) in [4.78, 5) is 19.7. The van der Waals surface area contributed by atoms with Gasteiger partial charge in [0.15, 0.2) is 5.13 Å². The molecule has 0 spiro atoms. The first-order valence-corrected chi connectivity index (χ1v) is 10.3. The molecule has 0 saturated heterocycles. The molecule has 0 radical (unpaired) electrons. The van der Waals surface area contributed by atoms with E-state index in [1.807, 2.05) is 55.5 Å². The number of carbonyl (C=O) groups is 1. The largest absolute Gasteiger partial charge is 0.497 e. The molecule has 30 heavy (non-hydrogen) atoms. The fraction of sp³-hybridized carbons (Fsp3) is 0.217. The summed E-state index contributed by atoms with van der Waals surface area (Å²) in [5.74, 6) is 2.08. The molecule has 0 aliphatic heterocycles. The first kappa shape index (κ1) is 20.0.